The number of rotatable bonds is 3. The third-order valence-corrected chi connectivity index (χ3v) is 4.72. The predicted molar refractivity (Wildman–Crippen MR) is 89.8 cm³/mol. The van der Waals surface area contributed by atoms with Crippen molar-refractivity contribution in [3.8, 4) is 0 Å². The third-order valence-electron chi connectivity index (χ3n) is 3.72. The smallest absolute Gasteiger partial charge is 0.227 e. The molecule has 7 heteroatoms. The zero-order valence-electron chi connectivity index (χ0n) is 13.3. The topological polar surface area (TPSA) is 75.2 Å². The van der Waals surface area contributed by atoms with Crippen molar-refractivity contribution in [3.05, 3.63) is 34.3 Å². The Morgan fingerprint density at radius 2 is 1.96 bits per heavy atom. The molecule has 0 spiro atoms. The highest BCUT2D eigenvalue weighted by atomic mass is 32.1. The summed E-state index contributed by atoms with van der Waals surface area (Å²) in [5, 5.41) is 12.0. The molecule has 2 amide bonds. The maximum Gasteiger partial charge on any atom is 0.227 e. The van der Waals surface area contributed by atoms with E-state index in [0.717, 1.165) is 21.8 Å². The fraction of sp³-hybridized carbons (Fsp3) is 0.375. The molecule has 2 aromatic rings. The molecule has 3 rings (SSSR count). The highest BCUT2D eigenvalue weighted by Gasteiger charge is 2.34. The van der Waals surface area contributed by atoms with Gasteiger partial charge in [-0.3, -0.25) is 9.59 Å². The van der Waals surface area contributed by atoms with Crippen LogP contribution in [-0.4, -0.2) is 28.6 Å². The minimum Gasteiger partial charge on any atom is -0.312 e. The van der Waals surface area contributed by atoms with Gasteiger partial charge in [-0.2, -0.15) is 0 Å². The first-order chi connectivity index (χ1) is 10.9. The number of hydrogen-bond donors (Lipinski definition) is 1. The Morgan fingerprint density at radius 1 is 1.26 bits per heavy atom. The lowest BCUT2D eigenvalue weighted by atomic mass is 10.1. The number of nitrogens with one attached hydrogen (secondary N) is 1. The summed E-state index contributed by atoms with van der Waals surface area (Å²) in [5.41, 5.74) is 3.21. The van der Waals surface area contributed by atoms with Crippen LogP contribution in [0.1, 0.15) is 35.4 Å². The van der Waals surface area contributed by atoms with E-state index < -0.39 is 0 Å². The molecule has 0 bridgehead atoms. The molecule has 1 atom stereocenters. The molecule has 0 radical (unpaired) electrons. The van der Waals surface area contributed by atoms with E-state index in [4.69, 9.17) is 0 Å². The quantitative estimate of drug-likeness (QED) is 0.939. The van der Waals surface area contributed by atoms with E-state index in [1.807, 2.05) is 30.9 Å². The number of hydrogen-bond acceptors (Lipinski definition) is 5. The van der Waals surface area contributed by atoms with Gasteiger partial charge in [-0.1, -0.05) is 17.4 Å². The van der Waals surface area contributed by atoms with Crippen LogP contribution in [0.2, 0.25) is 0 Å². The fourth-order valence-electron chi connectivity index (χ4n) is 2.83. The average Bonchev–Trinajstić information content (AvgIpc) is 3.03. The van der Waals surface area contributed by atoms with Crippen molar-refractivity contribution in [2.45, 2.75) is 33.1 Å². The Balaban J connectivity index is 1.79. The Kier molecular flexibility index (Phi) is 4.12. The highest BCUT2D eigenvalue weighted by molar-refractivity contribution is 7.15. The van der Waals surface area contributed by atoms with E-state index in [-0.39, 0.29) is 17.7 Å². The normalized spacial score (nSPS) is 17.6. The van der Waals surface area contributed by atoms with Crippen LogP contribution in [0.4, 0.5) is 10.8 Å². The summed E-state index contributed by atoms with van der Waals surface area (Å²) in [5.74, 6) is -0.0633. The average molecular weight is 330 g/mol. The van der Waals surface area contributed by atoms with Crippen LogP contribution in [-0.2, 0) is 9.59 Å². The van der Waals surface area contributed by atoms with Crippen molar-refractivity contribution in [2.75, 3.05) is 16.8 Å². The Morgan fingerprint density at radius 3 is 2.61 bits per heavy atom. The lowest BCUT2D eigenvalue weighted by Gasteiger charge is -2.17. The highest BCUT2D eigenvalue weighted by Crippen LogP contribution is 2.34. The Hall–Kier alpha value is -2.28. The van der Waals surface area contributed by atoms with Crippen LogP contribution in [0, 0.1) is 13.8 Å². The number of benzene rings is 1. The van der Waals surface area contributed by atoms with Gasteiger partial charge in [-0.05, 0) is 37.1 Å². The first kappa shape index (κ1) is 15.6. The minimum absolute atomic E-state index is 0.0170. The van der Waals surface area contributed by atoms with Crippen LogP contribution in [0.25, 0.3) is 0 Å². The summed E-state index contributed by atoms with van der Waals surface area (Å²) in [6.45, 7) is 6.08. The van der Waals surface area contributed by atoms with Crippen molar-refractivity contribution in [3.63, 3.8) is 0 Å². The van der Waals surface area contributed by atoms with Gasteiger partial charge >= 0.3 is 0 Å². The van der Waals surface area contributed by atoms with Gasteiger partial charge in [0.25, 0.3) is 0 Å². The molecule has 1 saturated heterocycles. The second-order valence-corrected chi connectivity index (χ2v) is 6.89. The van der Waals surface area contributed by atoms with E-state index in [0.29, 0.717) is 18.1 Å². The molecule has 6 nitrogen and oxygen atoms in total. The summed E-state index contributed by atoms with van der Waals surface area (Å²) in [6.07, 6.45) is 0.418. The standard InChI is InChI=1S/C16H18N4O2S/c1-9-4-10(2)6-13(5-9)20-8-12(7-14(20)22)15-18-19-16(23-15)17-11(3)21/h4-6,12H,7-8H2,1-3H3,(H,17,19,21). The molecule has 1 unspecified atom stereocenters. The van der Waals surface area contributed by atoms with Gasteiger partial charge in [-0.15, -0.1) is 10.2 Å². The zero-order valence-corrected chi connectivity index (χ0v) is 14.1. The number of carbonyl (C=O) groups is 2. The van der Waals surface area contributed by atoms with Gasteiger partial charge in [0.2, 0.25) is 16.9 Å². The molecular formula is C16H18N4O2S. The number of amides is 2. The molecule has 0 aliphatic carbocycles. The summed E-state index contributed by atoms with van der Waals surface area (Å²) in [4.78, 5) is 25.2. The fourth-order valence-corrected chi connectivity index (χ4v) is 3.71. The van der Waals surface area contributed by atoms with Crippen LogP contribution < -0.4 is 10.2 Å². The number of anilines is 2. The van der Waals surface area contributed by atoms with Crippen LogP contribution in [0.5, 0.6) is 0 Å². The number of aromatic nitrogens is 2. The van der Waals surface area contributed by atoms with Gasteiger partial charge in [-0.25, -0.2) is 0 Å². The molecule has 1 aliphatic heterocycles. The second-order valence-electron chi connectivity index (χ2n) is 5.88. The lowest BCUT2D eigenvalue weighted by molar-refractivity contribution is -0.117. The summed E-state index contributed by atoms with van der Waals surface area (Å²) in [7, 11) is 0. The van der Waals surface area contributed by atoms with Gasteiger partial charge in [0, 0.05) is 31.5 Å². The van der Waals surface area contributed by atoms with Crippen LogP contribution in [0.15, 0.2) is 18.2 Å². The minimum atomic E-state index is -0.174. The molecule has 120 valence electrons. The van der Waals surface area contributed by atoms with Crippen molar-refractivity contribution in [1.82, 2.24) is 10.2 Å². The first-order valence-corrected chi connectivity index (χ1v) is 8.23. The molecule has 1 N–H and O–H groups in total. The lowest BCUT2D eigenvalue weighted by Crippen LogP contribution is -2.24. The third kappa shape index (κ3) is 3.39. The van der Waals surface area contributed by atoms with E-state index in [2.05, 4.69) is 21.6 Å². The van der Waals surface area contributed by atoms with Crippen LogP contribution in [0.3, 0.4) is 0 Å². The molecule has 2 heterocycles. The van der Waals surface area contributed by atoms with Gasteiger partial charge in [0.15, 0.2) is 0 Å². The van der Waals surface area contributed by atoms with Gasteiger partial charge in [0.1, 0.15) is 5.01 Å². The summed E-state index contributed by atoms with van der Waals surface area (Å²) >= 11 is 1.33. The zero-order chi connectivity index (χ0) is 16.6. The summed E-state index contributed by atoms with van der Waals surface area (Å²) < 4.78 is 0. The molecule has 23 heavy (non-hydrogen) atoms. The number of nitrogens with zero attached hydrogens (tertiary/aromatic N) is 3. The van der Waals surface area contributed by atoms with E-state index in [1.54, 1.807) is 0 Å². The van der Waals surface area contributed by atoms with Gasteiger partial charge < -0.3 is 10.2 Å². The first-order valence-electron chi connectivity index (χ1n) is 7.42. The molecule has 0 saturated carbocycles. The number of carbonyl (C=O) groups excluding carboxylic acids is 2. The van der Waals surface area contributed by atoms with E-state index in [9.17, 15) is 9.59 Å². The molecule has 1 aliphatic rings. The van der Waals surface area contributed by atoms with Crippen molar-refractivity contribution < 1.29 is 9.59 Å². The molecule has 1 fully saturated rings. The maximum absolute atomic E-state index is 12.4. The largest absolute Gasteiger partial charge is 0.312 e. The predicted octanol–water partition coefficient (Wildman–Crippen LogP) is 2.63. The van der Waals surface area contributed by atoms with Crippen molar-refractivity contribution >= 4 is 34.0 Å². The number of aryl methyl sites for hydroxylation is 2. The van der Waals surface area contributed by atoms with Crippen LogP contribution >= 0.6 is 11.3 Å². The monoisotopic (exact) mass is 330 g/mol. The van der Waals surface area contributed by atoms with Crippen molar-refractivity contribution in [1.29, 1.82) is 0 Å². The molecule has 1 aromatic carbocycles. The van der Waals surface area contributed by atoms with Gasteiger partial charge in [0.05, 0.1) is 0 Å². The van der Waals surface area contributed by atoms with E-state index in [1.165, 1.54) is 18.3 Å². The van der Waals surface area contributed by atoms with E-state index >= 15 is 0 Å². The Bertz CT molecular complexity index is 751. The maximum atomic E-state index is 12.4. The molecular weight excluding hydrogens is 312 g/mol. The second kappa shape index (κ2) is 6.08. The van der Waals surface area contributed by atoms with Crippen molar-refractivity contribution in [2.24, 2.45) is 0 Å². The SMILES string of the molecule is CC(=O)Nc1nnc(C2CC(=O)N(c3cc(C)cc(C)c3)C2)s1. The Labute approximate surface area is 138 Å². The summed E-state index contributed by atoms with van der Waals surface area (Å²) in [6, 6.07) is 6.14. The molecule has 1 aromatic heterocycles.